The lowest BCUT2D eigenvalue weighted by atomic mass is 9.79. The molecule has 11 heteroatoms. The first-order chi connectivity index (χ1) is 16.1. The number of carbonyl (C=O) groups is 1. The van der Waals surface area contributed by atoms with Crippen LogP contribution >= 0.6 is 11.3 Å². The van der Waals surface area contributed by atoms with E-state index in [0.29, 0.717) is 36.4 Å². The SMILES string of the molecule is CNC(=O)C1CCC(O)(c2ncc(-c3cc(C)cc(Nc4nccc(C(F)(F)F)n4)c3)s2)CC1. The Kier molecular flexibility index (Phi) is 6.59. The summed E-state index contributed by atoms with van der Waals surface area (Å²) in [4.78, 5) is 24.6. The number of hydrogen-bond donors (Lipinski definition) is 3. The minimum Gasteiger partial charge on any atom is -0.383 e. The molecular weight excluding hydrogens is 467 g/mol. The number of alkyl halides is 3. The first-order valence-electron chi connectivity index (χ1n) is 10.8. The van der Waals surface area contributed by atoms with Crippen molar-refractivity contribution < 1.29 is 23.1 Å². The Hall–Kier alpha value is -3.05. The molecule has 1 aromatic carbocycles. The zero-order chi connectivity index (χ0) is 24.5. The van der Waals surface area contributed by atoms with Gasteiger partial charge in [-0.3, -0.25) is 4.79 Å². The van der Waals surface area contributed by atoms with Gasteiger partial charge in [0.05, 0.1) is 4.88 Å². The van der Waals surface area contributed by atoms with Crippen LogP contribution in [0.1, 0.15) is 41.9 Å². The molecule has 0 radical (unpaired) electrons. The summed E-state index contributed by atoms with van der Waals surface area (Å²) in [5.41, 5.74) is 0.121. The molecule has 180 valence electrons. The monoisotopic (exact) mass is 491 g/mol. The topological polar surface area (TPSA) is 100 Å². The van der Waals surface area contributed by atoms with E-state index in [9.17, 15) is 23.1 Å². The van der Waals surface area contributed by atoms with Gasteiger partial charge in [0.1, 0.15) is 16.3 Å². The minimum absolute atomic E-state index is 0.00795. The van der Waals surface area contributed by atoms with E-state index in [-0.39, 0.29) is 17.8 Å². The van der Waals surface area contributed by atoms with Gasteiger partial charge in [-0.25, -0.2) is 15.0 Å². The summed E-state index contributed by atoms with van der Waals surface area (Å²) in [6.07, 6.45) is 0.250. The van der Waals surface area contributed by atoms with Gasteiger partial charge in [0.25, 0.3) is 0 Å². The van der Waals surface area contributed by atoms with Gasteiger partial charge in [-0.1, -0.05) is 6.07 Å². The second kappa shape index (κ2) is 9.30. The summed E-state index contributed by atoms with van der Waals surface area (Å²) in [6, 6.07) is 6.31. The molecule has 7 nitrogen and oxygen atoms in total. The minimum atomic E-state index is -4.56. The maximum Gasteiger partial charge on any atom is 0.433 e. The first-order valence-corrected chi connectivity index (χ1v) is 11.6. The number of aromatic nitrogens is 3. The van der Waals surface area contributed by atoms with Crippen molar-refractivity contribution in [3.05, 3.63) is 52.9 Å². The van der Waals surface area contributed by atoms with Gasteiger partial charge in [0.2, 0.25) is 11.9 Å². The number of carbonyl (C=O) groups excluding carboxylic acids is 1. The highest BCUT2D eigenvalue weighted by atomic mass is 32.1. The Labute approximate surface area is 198 Å². The van der Waals surface area contributed by atoms with Gasteiger partial charge in [0.15, 0.2) is 0 Å². The zero-order valence-electron chi connectivity index (χ0n) is 18.6. The molecule has 3 aromatic rings. The van der Waals surface area contributed by atoms with Crippen molar-refractivity contribution in [1.29, 1.82) is 0 Å². The van der Waals surface area contributed by atoms with Crippen molar-refractivity contribution in [2.75, 3.05) is 12.4 Å². The van der Waals surface area contributed by atoms with Crippen LogP contribution < -0.4 is 10.6 Å². The lowest BCUT2D eigenvalue weighted by Gasteiger charge is -2.33. The third-order valence-corrected chi connectivity index (χ3v) is 7.14. The highest BCUT2D eigenvalue weighted by Gasteiger charge is 2.39. The van der Waals surface area contributed by atoms with Gasteiger partial charge >= 0.3 is 6.18 Å². The molecule has 1 aliphatic rings. The quantitative estimate of drug-likeness (QED) is 0.474. The number of hydrogen-bond acceptors (Lipinski definition) is 7. The number of aliphatic hydroxyl groups is 1. The number of halogens is 3. The maximum atomic E-state index is 13.0. The van der Waals surface area contributed by atoms with Crippen LogP contribution in [-0.4, -0.2) is 33.0 Å². The standard InChI is InChI=1S/C23H24F3N5O2S/c1-13-9-15(11-16(10-13)30-21-28-8-5-18(31-21)23(24,25)26)17-12-29-20(34-17)22(33)6-3-14(4-7-22)19(32)27-2/h5,8-12,14,33H,3-4,6-7H2,1-2H3,(H,27,32)(H,28,30,31). The molecule has 0 unspecified atom stereocenters. The molecule has 1 aliphatic carbocycles. The van der Waals surface area contributed by atoms with Crippen molar-refractivity contribution in [2.24, 2.45) is 5.92 Å². The number of rotatable bonds is 5. The van der Waals surface area contributed by atoms with Crippen molar-refractivity contribution in [3.63, 3.8) is 0 Å². The molecule has 0 atom stereocenters. The van der Waals surface area contributed by atoms with Crippen LogP contribution in [-0.2, 0) is 16.6 Å². The zero-order valence-corrected chi connectivity index (χ0v) is 19.4. The van der Waals surface area contributed by atoms with Crippen LogP contribution in [0.15, 0.2) is 36.7 Å². The first kappa shape index (κ1) is 24.1. The summed E-state index contributed by atoms with van der Waals surface area (Å²) < 4.78 is 38.9. The second-order valence-corrected chi connectivity index (χ2v) is 9.46. The average molecular weight is 492 g/mol. The predicted octanol–water partition coefficient (Wildman–Crippen LogP) is 4.79. The van der Waals surface area contributed by atoms with E-state index < -0.39 is 17.5 Å². The number of anilines is 2. The third-order valence-electron chi connectivity index (χ3n) is 5.90. The Morgan fingerprint density at radius 3 is 2.62 bits per heavy atom. The van der Waals surface area contributed by atoms with E-state index in [1.807, 2.05) is 13.0 Å². The largest absolute Gasteiger partial charge is 0.433 e. The molecule has 4 rings (SSSR count). The fourth-order valence-corrected chi connectivity index (χ4v) is 5.15. The number of aryl methyl sites for hydroxylation is 1. The maximum absolute atomic E-state index is 13.0. The number of nitrogens with one attached hydrogen (secondary N) is 2. The van der Waals surface area contributed by atoms with Crippen LogP contribution in [0.25, 0.3) is 10.4 Å². The molecule has 1 fully saturated rings. The molecule has 3 N–H and O–H groups in total. The molecule has 0 aliphatic heterocycles. The summed E-state index contributed by atoms with van der Waals surface area (Å²) in [6.45, 7) is 1.87. The van der Waals surface area contributed by atoms with Crippen molar-refractivity contribution >= 4 is 28.9 Å². The van der Waals surface area contributed by atoms with Crippen molar-refractivity contribution in [2.45, 2.75) is 44.4 Å². The Balaban J connectivity index is 1.54. The fourth-order valence-electron chi connectivity index (χ4n) is 4.10. The lowest BCUT2D eigenvalue weighted by molar-refractivity contribution is -0.141. The normalized spacial score (nSPS) is 20.7. The summed E-state index contributed by atoms with van der Waals surface area (Å²) in [5, 5.41) is 17.3. The van der Waals surface area contributed by atoms with E-state index >= 15 is 0 Å². The van der Waals surface area contributed by atoms with Crippen molar-refractivity contribution in [1.82, 2.24) is 20.3 Å². The Morgan fingerprint density at radius 1 is 1.21 bits per heavy atom. The Bertz CT molecular complexity index is 1190. The Morgan fingerprint density at radius 2 is 1.94 bits per heavy atom. The fraction of sp³-hybridized carbons (Fsp3) is 0.391. The van der Waals surface area contributed by atoms with Crippen molar-refractivity contribution in [3.8, 4) is 10.4 Å². The predicted molar refractivity (Wildman–Crippen MR) is 123 cm³/mol. The molecule has 1 saturated carbocycles. The number of nitrogens with zero attached hydrogens (tertiary/aromatic N) is 3. The highest BCUT2D eigenvalue weighted by molar-refractivity contribution is 7.15. The second-order valence-electron chi connectivity index (χ2n) is 8.43. The van der Waals surface area contributed by atoms with E-state index in [1.165, 1.54) is 11.3 Å². The van der Waals surface area contributed by atoms with Gasteiger partial charge in [0, 0.05) is 31.0 Å². The number of benzene rings is 1. The van der Waals surface area contributed by atoms with Crippen LogP contribution in [0.2, 0.25) is 0 Å². The van der Waals surface area contributed by atoms with E-state index in [2.05, 4.69) is 25.6 Å². The van der Waals surface area contributed by atoms with Crippen LogP contribution in [0.4, 0.5) is 24.8 Å². The molecule has 0 bridgehead atoms. The van der Waals surface area contributed by atoms with Gasteiger partial charge < -0.3 is 15.7 Å². The smallest absolute Gasteiger partial charge is 0.383 e. The van der Waals surface area contributed by atoms with Gasteiger partial charge in [-0.15, -0.1) is 11.3 Å². The third kappa shape index (κ3) is 5.20. The number of amides is 1. The summed E-state index contributed by atoms with van der Waals surface area (Å²) in [7, 11) is 1.61. The van der Waals surface area contributed by atoms with Crippen LogP contribution in [0, 0.1) is 12.8 Å². The summed E-state index contributed by atoms with van der Waals surface area (Å²) >= 11 is 1.37. The summed E-state index contributed by atoms with van der Waals surface area (Å²) in [5.74, 6) is -0.266. The molecule has 0 spiro atoms. The van der Waals surface area contributed by atoms with E-state index in [0.717, 1.165) is 28.3 Å². The number of thiazole rings is 1. The van der Waals surface area contributed by atoms with Crippen LogP contribution in [0.5, 0.6) is 0 Å². The molecular formula is C23H24F3N5O2S. The molecule has 2 aromatic heterocycles. The van der Waals surface area contributed by atoms with Gasteiger partial charge in [-0.05, 0) is 61.9 Å². The van der Waals surface area contributed by atoms with Crippen LogP contribution in [0.3, 0.4) is 0 Å². The molecule has 2 heterocycles. The lowest BCUT2D eigenvalue weighted by Crippen LogP contribution is -2.37. The van der Waals surface area contributed by atoms with Gasteiger partial charge in [-0.2, -0.15) is 13.2 Å². The highest BCUT2D eigenvalue weighted by Crippen LogP contribution is 2.43. The van der Waals surface area contributed by atoms with E-state index in [4.69, 9.17) is 0 Å². The average Bonchev–Trinajstić information content (AvgIpc) is 3.30. The molecule has 1 amide bonds. The van der Waals surface area contributed by atoms with E-state index in [1.54, 1.807) is 25.4 Å². The molecule has 34 heavy (non-hydrogen) atoms. The molecule has 0 saturated heterocycles.